The maximum atomic E-state index is 11.0. The first-order valence-corrected chi connectivity index (χ1v) is 6.52. The molecule has 0 amide bonds. The van der Waals surface area contributed by atoms with E-state index < -0.39 is 5.60 Å². The Hall–Kier alpha value is -1.06. The first-order chi connectivity index (χ1) is 8.45. The van der Waals surface area contributed by atoms with Gasteiger partial charge >= 0.3 is 0 Å². The van der Waals surface area contributed by atoms with Gasteiger partial charge in [-0.25, -0.2) is 0 Å². The molecule has 0 aliphatic rings. The van der Waals surface area contributed by atoms with Gasteiger partial charge in [-0.2, -0.15) is 0 Å². The average molecular weight is 251 g/mol. The molecule has 0 aliphatic heterocycles. The second-order valence-electron chi connectivity index (χ2n) is 5.23. The molecule has 3 heteroatoms. The third-order valence-corrected chi connectivity index (χ3v) is 3.85. The van der Waals surface area contributed by atoms with Gasteiger partial charge in [-0.05, 0) is 42.5 Å². The molecule has 1 aromatic rings. The summed E-state index contributed by atoms with van der Waals surface area (Å²) in [4.78, 5) is 0. The zero-order chi connectivity index (χ0) is 13.8. The molecule has 0 saturated heterocycles. The minimum atomic E-state index is -0.891. The van der Waals surface area contributed by atoms with Crippen molar-refractivity contribution in [1.29, 1.82) is 0 Å². The number of nitrogens with two attached hydrogens (primary N) is 1. The molecule has 0 aromatic heterocycles. The van der Waals surface area contributed by atoms with Crippen molar-refractivity contribution < 1.29 is 9.84 Å². The molecule has 2 atom stereocenters. The number of benzene rings is 1. The lowest BCUT2D eigenvalue weighted by Gasteiger charge is -2.37. The van der Waals surface area contributed by atoms with Crippen LogP contribution in [0.3, 0.4) is 0 Å². The summed E-state index contributed by atoms with van der Waals surface area (Å²) in [5.74, 6) is 1.28. The molecule has 102 valence electrons. The van der Waals surface area contributed by atoms with Crippen molar-refractivity contribution in [1.82, 2.24) is 0 Å². The fourth-order valence-corrected chi connectivity index (χ4v) is 2.30. The van der Waals surface area contributed by atoms with Gasteiger partial charge in [0.2, 0.25) is 0 Å². The van der Waals surface area contributed by atoms with Crippen LogP contribution in [0.25, 0.3) is 0 Å². The Morgan fingerprint density at radius 2 is 2.00 bits per heavy atom. The molecule has 0 saturated carbocycles. The van der Waals surface area contributed by atoms with Gasteiger partial charge in [-0.15, -0.1) is 0 Å². The van der Waals surface area contributed by atoms with Crippen LogP contribution in [0.15, 0.2) is 24.3 Å². The molecular weight excluding hydrogens is 226 g/mol. The van der Waals surface area contributed by atoms with Crippen LogP contribution in [0.5, 0.6) is 5.75 Å². The molecule has 0 heterocycles. The second-order valence-corrected chi connectivity index (χ2v) is 5.23. The zero-order valence-electron chi connectivity index (χ0n) is 11.8. The highest BCUT2D eigenvalue weighted by Gasteiger charge is 2.36. The van der Waals surface area contributed by atoms with E-state index in [0.29, 0.717) is 18.9 Å². The lowest BCUT2D eigenvalue weighted by molar-refractivity contribution is -0.0406. The smallest absolute Gasteiger partial charge is 0.119 e. The summed E-state index contributed by atoms with van der Waals surface area (Å²) in [6.07, 6.45) is 0.555. The van der Waals surface area contributed by atoms with Gasteiger partial charge < -0.3 is 15.6 Å². The van der Waals surface area contributed by atoms with Crippen LogP contribution in [0.4, 0.5) is 0 Å². The number of hydrogen-bond donors (Lipinski definition) is 2. The average Bonchev–Trinajstić information content (AvgIpc) is 2.38. The van der Waals surface area contributed by atoms with Gasteiger partial charge in [0.25, 0.3) is 0 Å². The van der Waals surface area contributed by atoms with Crippen LogP contribution in [0, 0.1) is 11.8 Å². The summed E-state index contributed by atoms with van der Waals surface area (Å²) in [6.45, 7) is 6.77. The van der Waals surface area contributed by atoms with E-state index in [0.717, 1.165) is 11.3 Å². The van der Waals surface area contributed by atoms with Crippen LogP contribution >= 0.6 is 0 Å². The van der Waals surface area contributed by atoms with Crippen molar-refractivity contribution in [3.63, 3.8) is 0 Å². The lowest BCUT2D eigenvalue weighted by Crippen LogP contribution is -2.38. The van der Waals surface area contributed by atoms with Gasteiger partial charge in [0.05, 0.1) is 12.7 Å². The van der Waals surface area contributed by atoms with Crippen molar-refractivity contribution in [2.75, 3.05) is 13.7 Å². The van der Waals surface area contributed by atoms with E-state index in [1.165, 1.54) is 0 Å². The Morgan fingerprint density at radius 3 is 2.50 bits per heavy atom. The van der Waals surface area contributed by atoms with Crippen LogP contribution in [0.2, 0.25) is 0 Å². The Kier molecular flexibility index (Phi) is 5.17. The highest BCUT2D eigenvalue weighted by Crippen LogP contribution is 2.38. The summed E-state index contributed by atoms with van der Waals surface area (Å²) in [7, 11) is 1.63. The molecule has 0 fully saturated rings. The van der Waals surface area contributed by atoms with E-state index in [2.05, 4.69) is 20.8 Å². The Morgan fingerprint density at radius 1 is 1.33 bits per heavy atom. The van der Waals surface area contributed by atoms with Crippen molar-refractivity contribution in [2.45, 2.75) is 32.8 Å². The number of aliphatic hydroxyl groups is 1. The number of rotatable bonds is 6. The number of hydrogen-bond acceptors (Lipinski definition) is 3. The van der Waals surface area contributed by atoms with Gasteiger partial charge in [0.15, 0.2) is 0 Å². The highest BCUT2D eigenvalue weighted by atomic mass is 16.5. The molecule has 0 bridgehead atoms. The molecule has 1 rings (SSSR count). The maximum Gasteiger partial charge on any atom is 0.119 e. The molecular formula is C15H25NO2. The van der Waals surface area contributed by atoms with E-state index >= 15 is 0 Å². The predicted octanol–water partition coefficient (Wildman–Crippen LogP) is 2.52. The van der Waals surface area contributed by atoms with Crippen molar-refractivity contribution in [3.05, 3.63) is 29.8 Å². The Balaban J connectivity index is 3.17. The van der Waals surface area contributed by atoms with Crippen LogP contribution in [0.1, 0.15) is 32.8 Å². The van der Waals surface area contributed by atoms with E-state index in [4.69, 9.17) is 10.5 Å². The monoisotopic (exact) mass is 251 g/mol. The zero-order valence-corrected chi connectivity index (χ0v) is 11.8. The normalized spacial score (nSPS) is 16.4. The third-order valence-electron chi connectivity index (χ3n) is 3.85. The Bertz CT molecular complexity index is 379. The molecule has 3 nitrogen and oxygen atoms in total. The minimum absolute atomic E-state index is 0.133. The molecule has 0 spiro atoms. The summed E-state index contributed by atoms with van der Waals surface area (Å²) in [5.41, 5.74) is 5.66. The summed E-state index contributed by atoms with van der Waals surface area (Å²) >= 11 is 0. The minimum Gasteiger partial charge on any atom is -0.497 e. The quantitative estimate of drug-likeness (QED) is 0.817. The lowest BCUT2D eigenvalue weighted by atomic mass is 9.74. The molecule has 18 heavy (non-hydrogen) atoms. The summed E-state index contributed by atoms with van der Waals surface area (Å²) in [5, 5.41) is 11.0. The third kappa shape index (κ3) is 3.03. The van der Waals surface area contributed by atoms with Crippen LogP contribution in [-0.4, -0.2) is 18.8 Å². The molecule has 0 unspecified atom stereocenters. The van der Waals surface area contributed by atoms with Crippen molar-refractivity contribution >= 4 is 0 Å². The van der Waals surface area contributed by atoms with E-state index in [1.807, 2.05) is 24.3 Å². The largest absolute Gasteiger partial charge is 0.497 e. The SMILES string of the molecule is COc1cccc([C@](O)(CCN)[C@@H](C)C(C)C)c1. The number of ether oxygens (including phenoxy) is 1. The molecule has 0 radical (unpaired) electrons. The van der Waals surface area contributed by atoms with E-state index in [1.54, 1.807) is 7.11 Å². The second kappa shape index (κ2) is 6.21. The predicted molar refractivity (Wildman–Crippen MR) is 74.6 cm³/mol. The summed E-state index contributed by atoms with van der Waals surface area (Å²) < 4.78 is 5.23. The fourth-order valence-electron chi connectivity index (χ4n) is 2.30. The fraction of sp³-hybridized carbons (Fsp3) is 0.600. The molecule has 0 aliphatic carbocycles. The first kappa shape index (κ1) is 15.0. The number of methoxy groups -OCH3 is 1. The summed E-state index contributed by atoms with van der Waals surface area (Å²) in [6, 6.07) is 7.63. The molecule has 1 aromatic carbocycles. The van der Waals surface area contributed by atoms with Gasteiger partial charge in [-0.1, -0.05) is 32.9 Å². The highest BCUT2D eigenvalue weighted by molar-refractivity contribution is 5.33. The van der Waals surface area contributed by atoms with E-state index in [9.17, 15) is 5.11 Å². The van der Waals surface area contributed by atoms with Gasteiger partial charge in [0.1, 0.15) is 5.75 Å². The molecule has 3 N–H and O–H groups in total. The van der Waals surface area contributed by atoms with Crippen molar-refractivity contribution in [2.24, 2.45) is 17.6 Å². The van der Waals surface area contributed by atoms with Crippen molar-refractivity contribution in [3.8, 4) is 5.75 Å². The van der Waals surface area contributed by atoms with E-state index in [-0.39, 0.29) is 5.92 Å². The van der Waals surface area contributed by atoms with Crippen LogP contribution in [-0.2, 0) is 5.60 Å². The van der Waals surface area contributed by atoms with Crippen LogP contribution < -0.4 is 10.5 Å². The maximum absolute atomic E-state index is 11.0. The first-order valence-electron chi connectivity index (χ1n) is 6.52. The van der Waals surface area contributed by atoms with Gasteiger partial charge in [0, 0.05) is 0 Å². The topological polar surface area (TPSA) is 55.5 Å². The Labute approximate surface area is 110 Å². The van der Waals surface area contributed by atoms with Gasteiger partial charge in [-0.3, -0.25) is 0 Å². The standard InChI is InChI=1S/C15H25NO2/c1-11(2)12(3)15(17,8-9-16)13-6-5-7-14(10-13)18-4/h5-7,10-12,17H,8-9,16H2,1-4H3/t12-,15-/m0/s1.